The second-order valence-corrected chi connectivity index (χ2v) is 6.48. The minimum absolute atomic E-state index is 0.0420. The molecular formula is C23H30N4O2. The van der Waals surface area contributed by atoms with Gasteiger partial charge in [0.25, 0.3) is 0 Å². The molecule has 0 saturated carbocycles. The van der Waals surface area contributed by atoms with Gasteiger partial charge in [-0.05, 0) is 30.2 Å². The standard InChI is InChI=1S/C23H30N4O2/c1-4-8-22(28)27-20-13-11-18(12-14-20)16-25-23(24-3)26-17-19-9-6-7-10-21(19)29-15-5-2/h5-7,9-14H,2,4,8,15-17H2,1,3H3,(H,27,28)(H2,24,25,26). The number of hydrogen-bond donors (Lipinski definition) is 3. The van der Waals surface area contributed by atoms with Gasteiger partial charge in [0, 0.05) is 37.8 Å². The lowest BCUT2D eigenvalue weighted by Gasteiger charge is -2.14. The first-order valence-corrected chi connectivity index (χ1v) is 9.81. The fourth-order valence-electron chi connectivity index (χ4n) is 2.68. The van der Waals surface area contributed by atoms with Gasteiger partial charge in [-0.25, -0.2) is 0 Å². The summed E-state index contributed by atoms with van der Waals surface area (Å²) in [5.74, 6) is 1.57. The molecule has 6 heteroatoms. The van der Waals surface area contributed by atoms with E-state index >= 15 is 0 Å². The van der Waals surface area contributed by atoms with Crippen LogP contribution in [0, 0.1) is 0 Å². The molecule has 6 nitrogen and oxygen atoms in total. The number of carbonyl (C=O) groups is 1. The van der Waals surface area contributed by atoms with E-state index < -0.39 is 0 Å². The Morgan fingerprint density at radius 2 is 1.83 bits per heavy atom. The van der Waals surface area contributed by atoms with Crippen LogP contribution in [-0.4, -0.2) is 25.5 Å². The molecule has 0 radical (unpaired) electrons. The number of guanidine groups is 1. The highest BCUT2D eigenvalue weighted by atomic mass is 16.5. The Morgan fingerprint density at radius 3 is 2.52 bits per heavy atom. The highest BCUT2D eigenvalue weighted by molar-refractivity contribution is 5.90. The molecule has 0 atom stereocenters. The highest BCUT2D eigenvalue weighted by Gasteiger charge is 2.05. The molecule has 0 aliphatic heterocycles. The predicted octanol–water partition coefficient (Wildman–Crippen LogP) is 3.86. The first kappa shape index (κ1) is 22.0. The zero-order valence-electron chi connectivity index (χ0n) is 17.2. The molecule has 3 N–H and O–H groups in total. The van der Waals surface area contributed by atoms with Crippen molar-refractivity contribution >= 4 is 17.6 Å². The number of nitrogens with one attached hydrogen (secondary N) is 3. The van der Waals surface area contributed by atoms with Crippen molar-refractivity contribution in [3.8, 4) is 5.75 Å². The van der Waals surface area contributed by atoms with Gasteiger partial charge in [0.2, 0.25) is 5.91 Å². The summed E-state index contributed by atoms with van der Waals surface area (Å²) in [7, 11) is 1.74. The highest BCUT2D eigenvalue weighted by Crippen LogP contribution is 2.17. The molecule has 1 amide bonds. The van der Waals surface area contributed by atoms with Crippen molar-refractivity contribution in [1.82, 2.24) is 10.6 Å². The number of carbonyl (C=O) groups excluding carboxylic acids is 1. The van der Waals surface area contributed by atoms with E-state index in [1.54, 1.807) is 13.1 Å². The number of anilines is 1. The van der Waals surface area contributed by atoms with Gasteiger partial charge in [-0.1, -0.05) is 49.9 Å². The maximum absolute atomic E-state index is 11.7. The first-order chi connectivity index (χ1) is 14.2. The number of aliphatic imine (C=N–C) groups is 1. The molecule has 0 saturated heterocycles. The Kier molecular flexibility index (Phi) is 9.29. The fraction of sp³-hybridized carbons (Fsp3) is 0.304. The molecule has 2 aromatic rings. The maximum atomic E-state index is 11.7. The summed E-state index contributed by atoms with van der Waals surface area (Å²) < 4.78 is 5.69. The Bertz CT molecular complexity index is 816. The van der Waals surface area contributed by atoms with Gasteiger partial charge < -0.3 is 20.7 Å². The Balaban J connectivity index is 1.85. The predicted molar refractivity (Wildman–Crippen MR) is 119 cm³/mol. The third-order valence-corrected chi connectivity index (χ3v) is 4.17. The second-order valence-electron chi connectivity index (χ2n) is 6.48. The summed E-state index contributed by atoms with van der Waals surface area (Å²) in [6, 6.07) is 15.7. The molecule has 0 heterocycles. The molecule has 0 bridgehead atoms. The molecule has 2 rings (SSSR count). The number of benzene rings is 2. The lowest BCUT2D eigenvalue weighted by atomic mass is 10.2. The van der Waals surface area contributed by atoms with Crippen molar-refractivity contribution in [2.24, 2.45) is 4.99 Å². The van der Waals surface area contributed by atoms with E-state index in [-0.39, 0.29) is 5.91 Å². The molecular weight excluding hydrogens is 364 g/mol. The van der Waals surface area contributed by atoms with Crippen LogP contribution in [0.1, 0.15) is 30.9 Å². The molecule has 154 valence electrons. The average Bonchev–Trinajstić information content (AvgIpc) is 2.74. The number of hydrogen-bond acceptors (Lipinski definition) is 3. The lowest BCUT2D eigenvalue weighted by molar-refractivity contribution is -0.116. The van der Waals surface area contributed by atoms with Crippen molar-refractivity contribution < 1.29 is 9.53 Å². The lowest BCUT2D eigenvalue weighted by Crippen LogP contribution is -2.36. The number of amides is 1. The maximum Gasteiger partial charge on any atom is 0.224 e. The average molecular weight is 395 g/mol. The van der Waals surface area contributed by atoms with E-state index in [0.29, 0.717) is 32.1 Å². The van der Waals surface area contributed by atoms with Crippen molar-refractivity contribution in [1.29, 1.82) is 0 Å². The normalized spacial score (nSPS) is 10.9. The van der Waals surface area contributed by atoms with Crippen molar-refractivity contribution in [3.05, 3.63) is 72.3 Å². The third kappa shape index (κ3) is 7.70. The Morgan fingerprint density at radius 1 is 1.10 bits per heavy atom. The van der Waals surface area contributed by atoms with E-state index in [1.165, 1.54) is 0 Å². The van der Waals surface area contributed by atoms with Gasteiger partial charge in [-0.2, -0.15) is 0 Å². The SMILES string of the molecule is C=CCOc1ccccc1CNC(=NC)NCc1ccc(NC(=O)CCC)cc1. The van der Waals surface area contributed by atoms with E-state index in [2.05, 4.69) is 27.5 Å². The van der Waals surface area contributed by atoms with Gasteiger partial charge in [0.15, 0.2) is 5.96 Å². The fourth-order valence-corrected chi connectivity index (χ4v) is 2.68. The number of nitrogens with zero attached hydrogens (tertiary/aromatic N) is 1. The number of rotatable bonds is 10. The van der Waals surface area contributed by atoms with E-state index in [0.717, 1.165) is 29.0 Å². The minimum atomic E-state index is 0.0420. The Hall–Kier alpha value is -3.28. The van der Waals surface area contributed by atoms with E-state index in [4.69, 9.17) is 4.74 Å². The largest absolute Gasteiger partial charge is 0.489 e. The Labute approximate surface area is 173 Å². The molecule has 29 heavy (non-hydrogen) atoms. The first-order valence-electron chi connectivity index (χ1n) is 9.81. The van der Waals surface area contributed by atoms with Gasteiger partial charge in [-0.3, -0.25) is 9.79 Å². The molecule has 2 aromatic carbocycles. The molecule has 0 fully saturated rings. The van der Waals surface area contributed by atoms with Crippen LogP contribution in [0.4, 0.5) is 5.69 Å². The molecule has 0 spiro atoms. The summed E-state index contributed by atoms with van der Waals surface area (Å²) >= 11 is 0. The van der Waals surface area contributed by atoms with Crippen molar-refractivity contribution in [2.75, 3.05) is 19.0 Å². The molecule has 0 aliphatic rings. The van der Waals surface area contributed by atoms with Gasteiger partial charge in [0.1, 0.15) is 12.4 Å². The summed E-state index contributed by atoms with van der Waals surface area (Å²) in [6.45, 7) is 7.36. The van der Waals surface area contributed by atoms with E-state index in [1.807, 2.05) is 55.5 Å². The topological polar surface area (TPSA) is 74.8 Å². The van der Waals surface area contributed by atoms with Crippen LogP contribution < -0.4 is 20.7 Å². The van der Waals surface area contributed by atoms with Crippen LogP contribution in [0.15, 0.2) is 66.2 Å². The summed E-state index contributed by atoms with van der Waals surface area (Å²) in [5, 5.41) is 9.48. The third-order valence-electron chi connectivity index (χ3n) is 4.17. The number of ether oxygens (including phenoxy) is 1. The smallest absolute Gasteiger partial charge is 0.224 e. The summed E-state index contributed by atoms with van der Waals surface area (Å²) in [4.78, 5) is 15.9. The van der Waals surface area contributed by atoms with Crippen molar-refractivity contribution in [2.45, 2.75) is 32.9 Å². The van der Waals surface area contributed by atoms with Gasteiger partial charge in [0.05, 0.1) is 0 Å². The second kappa shape index (κ2) is 12.2. The summed E-state index contributed by atoms with van der Waals surface area (Å²) in [6.07, 6.45) is 3.10. The zero-order chi connectivity index (χ0) is 20.9. The molecule has 0 unspecified atom stereocenters. The van der Waals surface area contributed by atoms with Crippen LogP contribution in [0.2, 0.25) is 0 Å². The quantitative estimate of drug-likeness (QED) is 0.325. The van der Waals surface area contributed by atoms with Crippen LogP contribution in [0.5, 0.6) is 5.75 Å². The zero-order valence-corrected chi connectivity index (χ0v) is 17.2. The molecule has 0 aliphatic carbocycles. The number of para-hydroxylation sites is 1. The van der Waals surface area contributed by atoms with Crippen LogP contribution in [0.25, 0.3) is 0 Å². The summed E-state index contributed by atoms with van der Waals surface area (Å²) in [5.41, 5.74) is 2.95. The van der Waals surface area contributed by atoms with Gasteiger partial charge in [-0.15, -0.1) is 0 Å². The van der Waals surface area contributed by atoms with Crippen molar-refractivity contribution in [3.63, 3.8) is 0 Å². The van der Waals surface area contributed by atoms with E-state index in [9.17, 15) is 4.79 Å². The monoisotopic (exact) mass is 394 g/mol. The molecule has 0 aromatic heterocycles. The van der Waals surface area contributed by atoms with Crippen LogP contribution >= 0.6 is 0 Å². The minimum Gasteiger partial charge on any atom is -0.489 e. The van der Waals surface area contributed by atoms with Crippen LogP contribution in [-0.2, 0) is 17.9 Å². The van der Waals surface area contributed by atoms with Crippen LogP contribution in [0.3, 0.4) is 0 Å². The van der Waals surface area contributed by atoms with Gasteiger partial charge >= 0.3 is 0 Å².